The number of likely N-dealkylation sites (tertiary alicyclic amines) is 2. The number of rotatable bonds is 16. The van der Waals surface area contributed by atoms with E-state index >= 15 is 0 Å². The highest BCUT2D eigenvalue weighted by atomic mass is 16.7. The first-order chi connectivity index (χ1) is 27.9. The van der Waals surface area contributed by atoms with Gasteiger partial charge in [-0.15, -0.1) is 0 Å². The second-order valence-corrected chi connectivity index (χ2v) is 17.3. The Morgan fingerprint density at radius 3 is 1.22 bits per heavy atom. The molecule has 0 spiro atoms. The summed E-state index contributed by atoms with van der Waals surface area (Å²) in [6, 6.07) is -5.01. The van der Waals surface area contributed by atoms with E-state index in [2.05, 4.69) is 9.80 Å². The minimum Gasteiger partial charge on any atom is -0.389 e. The normalized spacial score (nSPS) is 49.6. The predicted molar refractivity (Wildman–Crippen MR) is 205 cm³/mol. The highest BCUT2D eigenvalue weighted by molar-refractivity contribution is 5.04. The summed E-state index contributed by atoms with van der Waals surface area (Å²) < 4.78 is 35.7. The summed E-state index contributed by atoms with van der Waals surface area (Å²) in [5.41, 5.74) is 48.7. The van der Waals surface area contributed by atoms with Gasteiger partial charge in [0.1, 0.15) is 61.0 Å². The smallest absolute Gasteiger partial charge is 0.176 e. The van der Waals surface area contributed by atoms with Gasteiger partial charge in [-0.25, -0.2) is 0 Å². The Balaban J connectivity index is 0.972. The summed E-state index contributed by atoms with van der Waals surface area (Å²) in [6.07, 6.45) is -17.0. The standard InChI is InChI=1S/C35H70N10O14/c36-4-20-26(50)28(52)22(42)34(56-20)58-30-18(40)2-16(38)24(48)32(30)54-10-14(46)8-44-6-13-1-12(44)7-45(13)9-15(47)11-55-33-25(49)17(39)3-19(41)31(33)59-35-23(43)29(53)27(51)21(5-37)57-35/h12-35,46-53H,1-11,36-43H2/t12?,13?,14-,15-,16-,17-,18+,19+,20-,21-,22-,23-,24+,25+,26-,27-,28-,29-,30-,31-,32-,33-,34-,35-/m1/s1. The number of aliphatic hydroxyl groups excluding tert-OH is 8. The van der Waals surface area contributed by atoms with Crippen LogP contribution in [0, 0.1) is 0 Å². The zero-order valence-corrected chi connectivity index (χ0v) is 33.2. The molecule has 2 unspecified atom stereocenters. The number of hydrogen-bond donors (Lipinski definition) is 16. The minimum absolute atomic E-state index is 0.0861. The molecule has 6 rings (SSSR count). The third kappa shape index (κ3) is 10.4. The molecule has 0 aromatic heterocycles. The fourth-order valence-electron chi connectivity index (χ4n) is 9.50. The van der Waals surface area contributed by atoms with Crippen LogP contribution in [0.1, 0.15) is 19.3 Å². The Morgan fingerprint density at radius 2 is 0.881 bits per heavy atom. The van der Waals surface area contributed by atoms with Crippen molar-refractivity contribution in [2.24, 2.45) is 45.9 Å². The van der Waals surface area contributed by atoms with Crippen molar-refractivity contribution in [1.82, 2.24) is 9.80 Å². The zero-order valence-electron chi connectivity index (χ0n) is 33.2. The van der Waals surface area contributed by atoms with Gasteiger partial charge in [0, 0.05) is 75.5 Å². The molecule has 24 nitrogen and oxygen atoms in total. The minimum atomic E-state index is -1.39. The summed E-state index contributed by atoms with van der Waals surface area (Å²) in [6.45, 7) is 1.19. The van der Waals surface area contributed by atoms with E-state index in [0.717, 1.165) is 6.42 Å². The van der Waals surface area contributed by atoms with Gasteiger partial charge in [-0.1, -0.05) is 0 Å². The van der Waals surface area contributed by atoms with Crippen molar-refractivity contribution in [3.8, 4) is 0 Å². The predicted octanol–water partition coefficient (Wildman–Crippen LogP) is -10.7. The van der Waals surface area contributed by atoms with Crippen LogP contribution in [0.2, 0.25) is 0 Å². The maximum absolute atomic E-state index is 11.1. The lowest BCUT2D eigenvalue weighted by molar-refractivity contribution is -0.292. The third-order valence-corrected chi connectivity index (χ3v) is 13.0. The monoisotopic (exact) mass is 855 g/mol. The van der Waals surface area contributed by atoms with Gasteiger partial charge in [0.25, 0.3) is 0 Å². The van der Waals surface area contributed by atoms with Crippen LogP contribution in [0.4, 0.5) is 0 Å². The summed E-state index contributed by atoms with van der Waals surface area (Å²) in [5.74, 6) is 0. The van der Waals surface area contributed by atoms with Gasteiger partial charge in [-0.3, -0.25) is 9.80 Å². The van der Waals surface area contributed by atoms with Gasteiger partial charge in [-0.05, 0) is 19.3 Å². The molecule has 4 saturated heterocycles. The highest BCUT2D eigenvalue weighted by Gasteiger charge is 2.51. The van der Waals surface area contributed by atoms with Crippen molar-refractivity contribution in [2.45, 2.75) is 166 Å². The maximum atomic E-state index is 11.1. The van der Waals surface area contributed by atoms with Crippen LogP contribution in [-0.2, 0) is 28.4 Å². The van der Waals surface area contributed by atoms with Gasteiger partial charge >= 0.3 is 0 Å². The molecule has 6 aliphatic rings. The largest absolute Gasteiger partial charge is 0.389 e. The van der Waals surface area contributed by atoms with Crippen molar-refractivity contribution in [2.75, 3.05) is 52.5 Å². The lowest BCUT2D eigenvalue weighted by Crippen LogP contribution is -2.68. The second kappa shape index (κ2) is 20.3. The molecule has 2 aliphatic carbocycles. The fraction of sp³-hybridized carbons (Fsp3) is 1.00. The van der Waals surface area contributed by atoms with Crippen molar-refractivity contribution < 1.29 is 69.3 Å². The molecule has 0 radical (unpaired) electrons. The van der Waals surface area contributed by atoms with E-state index in [9.17, 15) is 40.9 Å². The van der Waals surface area contributed by atoms with Crippen molar-refractivity contribution in [3.05, 3.63) is 0 Å². The summed E-state index contributed by atoms with van der Waals surface area (Å²) in [5, 5.41) is 85.6. The number of nitrogens with zero attached hydrogens (tertiary/aromatic N) is 2. The summed E-state index contributed by atoms with van der Waals surface area (Å²) >= 11 is 0. The van der Waals surface area contributed by atoms with Crippen LogP contribution in [0.15, 0.2) is 0 Å². The molecule has 2 bridgehead atoms. The number of aliphatic hydroxyl groups is 8. The van der Waals surface area contributed by atoms with Crippen LogP contribution < -0.4 is 45.9 Å². The topological polar surface area (TPSA) is 432 Å². The molecule has 6 fully saturated rings. The first-order valence-electron chi connectivity index (χ1n) is 20.6. The molecule has 24 heteroatoms. The molecule has 0 aromatic rings. The Hall–Kier alpha value is -0.960. The van der Waals surface area contributed by atoms with Crippen LogP contribution in [0.3, 0.4) is 0 Å². The second-order valence-electron chi connectivity index (χ2n) is 17.3. The summed E-state index contributed by atoms with van der Waals surface area (Å²) in [7, 11) is 0. The van der Waals surface area contributed by atoms with E-state index < -0.39 is 134 Å². The Labute approximate surface area is 342 Å². The molecule has 0 amide bonds. The molecule has 0 aromatic carbocycles. The molecule has 24 atom stereocenters. The number of ether oxygens (including phenoxy) is 6. The highest BCUT2D eigenvalue weighted by Crippen LogP contribution is 2.33. The fourth-order valence-corrected chi connectivity index (χ4v) is 9.50. The number of nitrogens with two attached hydrogens (primary N) is 8. The Morgan fingerprint density at radius 1 is 0.508 bits per heavy atom. The Bertz CT molecular complexity index is 1230. The molecule has 2 saturated carbocycles. The number of piperazine rings is 1. The summed E-state index contributed by atoms with van der Waals surface area (Å²) in [4.78, 5) is 4.28. The first-order valence-corrected chi connectivity index (χ1v) is 20.6. The van der Waals surface area contributed by atoms with E-state index in [0.29, 0.717) is 13.1 Å². The molecule has 4 heterocycles. The number of β-amino-alcohol motifs (C(OH)–C–C–N with tert-alkyl or cyclic N) is 2. The Kier molecular flexibility index (Phi) is 16.3. The van der Waals surface area contributed by atoms with Gasteiger partial charge < -0.3 is 115 Å². The van der Waals surface area contributed by atoms with Crippen molar-refractivity contribution in [3.63, 3.8) is 0 Å². The van der Waals surface area contributed by atoms with E-state index in [1.54, 1.807) is 0 Å². The molecule has 4 aliphatic heterocycles. The van der Waals surface area contributed by atoms with Crippen LogP contribution in [0.5, 0.6) is 0 Å². The molecular formula is C35H70N10O14. The maximum Gasteiger partial charge on any atom is 0.176 e. The average Bonchev–Trinajstić information content (AvgIpc) is 3.78. The molecule has 59 heavy (non-hydrogen) atoms. The molecular weight excluding hydrogens is 784 g/mol. The SMILES string of the molecule is NC[C@H]1O[C@H](O[C@H]2[C@H](OC[C@H](O)CN3CC4CC3CN4C[C@@H](O)CO[C@@H]3[C@@H](O)[C@H](N)C[C@H](N)[C@H]3O[C@H]3O[C@H](CN)[C@@H](O)[C@H](O)[C@H]3N)[C@@H](O)[C@H](N)C[C@@H]2N)[C@H](N)[C@@H](O)[C@@H]1O. The van der Waals surface area contributed by atoms with E-state index in [1.165, 1.54) is 0 Å². The molecule has 344 valence electrons. The van der Waals surface area contributed by atoms with Crippen LogP contribution in [0.25, 0.3) is 0 Å². The lowest BCUT2D eigenvalue weighted by atomic mass is 9.84. The van der Waals surface area contributed by atoms with E-state index in [4.69, 9.17) is 74.3 Å². The quantitative estimate of drug-likeness (QED) is 0.0685. The van der Waals surface area contributed by atoms with Gasteiger partial charge in [-0.2, -0.15) is 0 Å². The van der Waals surface area contributed by atoms with Crippen molar-refractivity contribution in [1.29, 1.82) is 0 Å². The lowest BCUT2D eigenvalue weighted by Gasteiger charge is -2.47. The number of fused-ring (bicyclic) bond motifs is 2. The van der Waals surface area contributed by atoms with E-state index in [1.807, 2.05) is 0 Å². The average molecular weight is 855 g/mol. The van der Waals surface area contributed by atoms with Gasteiger partial charge in [0.05, 0.1) is 49.7 Å². The van der Waals surface area contributed by atoms with Gasteiger partial charge in [0.15, 0.2) is 12.6 Å². The number of hydrogen-bond acceptors (Lipinski definition) is 24. The molecule has 24 N–H and O–H groups in total. The van der Waals surface area contributed by atoms with Gasteiger partial charge in [0.2, 0.25) is 0 Å². The zero-order chi connectivity index (χ0) is 43.0. The van der Waals surface area contributed by atoms with Crippen LogP contribution in [-0.4, -0.2) is 250 Å². The van der Waals surface area contributed by atoms with Crippen LogP contribution >= 0.6 is 0 Å². The third-order valence-electron chi connectivity index (χ3n) is 13.0. The van der Waals surface area contributed by atoms with E-state index in [-0.39, 0.29) is 64.3 Å². The van der Waals surface area contributed by atoms with Crippen molar-refractivity contribution >= 4 is 0 Å². The first kappa shape index (κ1) is 47.5.